The third-order valence-corrected chi connectivity index (χ3v) is 2.25. The summed E-state index contributed by atoms with van der Waals surface area (Å²) in [5.41, 5.74) is 0. The van der Waals surface area contributed by atoms with Gasteiger partial charge in [-0.25, -0.2) is 0 Å². The van der Waals surface area contributed by atoms with Crippen molar-refractivity contribution in [2.75, 3.05) is 18.0 Å². The molecule has 0 spiro atoms. The van der Waals surface area contributed by atoms with E-state index in [9.17, 15) is 5.11 Å². The first-order valence-corrected chi connectivity index (χ1v) is 4.42. The molecule has 0 saturated carbocycles. The summed E-state index contributed by atoms with van der Waals surface area (Å²) >= 11 is 0. The van der Waals surface area contributed by atoms with E-state index in [-0.39, 0.29) is 6.10 Å². The predicted molar refractivity (Wildman–Crippen MR) is 46.2 cm³/mol. The van der Waals surface area contributed by atoms with Gasteiger partial charge in [-0.05, 0) is 17.6 Å². The Hall–Kier alpha value is -1.17. The van der Waals surface area contributed by atoms with E-state index in [0.29, 0.717) is 18.4 Å². The molecule has 1 aromatic heterocycles. The van der Waals surface area contributed by atoms with Gasteiger partial charge < -0.3 is 10.0 Å². The lowest BCUT2D eigenvalue weighted by Crippen LogP contribution is -2.42. The van der Waals surface area contributed by atoms with Crippen LogP contribution in [0.3, 0.4) is 0 Å². The molecular weight excluding hydrogens is 170 g/mol. The second-order valence-electron chi connectivity index (χ2n) is 3.61. The average Bonchev–Trinajstić information content (AvgIpc) is 2.53. The van der Waals surface area contributed by atoms with Gasteiger partial charge in [0.15, 0.2) is 0 Å². The number of nitrogens with zero attached hydrogens (tertiary/aromatic N) is 4. The highest BCUT2D eigenvalue weighted by Gasteiger charge is 2.25. The SMILES string of the molecule is CC1CC(O)CN(c2nn[nH]n2)C1. The molecule has 0 aromatic carbocycles. The van der Waals surface area contributed by atoms with Gasteiger partial charge in [-0.15, -0.1) is 5.10 Å². The van der Waals surface area contributed by atoms with Crippen LogP contribution in [0.5, 0.6) is 0 Å². The van der Waals surface area contributed by atoms with Crippen LogP contribution in [0.4, 0.5) is 5.95 Å². The van der Waals surface area contributed by atoms with E-state index in [1.807, 2.05) is 4.90 Å². The highest BCUT2D eigenvalue weighted by molar-refractivity contribution is 5.27. The first-order chi connectivity index (χ1) is 6.25. The standard InChI is InChI=1S/C7H13N5O/c1-5-2-6(13)4-12(3-5)7-8-10-11-9-7/h5-6,13H,2-4H2,1H3,(H,8,9,10,11). The smallest absolute Gasteiger partial charge is 0.265 e. The molecule has 1 aliphatic rings. The molecule has 1 aromatic rings. The zero-order valence-electron chi connectivity index (χ0n) is 7.51. The summed E-state index contributed by atoms with van der Waals surface area (Å²) in [4.78, 5) is 1.95. The minimum absolute atomic E-state index is 0.276. The molecule has 0 amide bonds. The molecule has 6 heteroatoms. The van der Waals surface area contributed by atoms with Gasteiger partial charge in [-0.3, -0.25) is 0 Å². The number of anilines is 1. The fourth-order valence-electron chi connectivity index (χ4n) is 1.77. The minimum Gasteiger partial charge on any atom is -0.391 e. The molecule has 2 atom stereocenters. The molecule has 13 heavy (non-hydrogen) atoms. The highest BCUT2D eigenvalue weighted by Crippen LogP contribution is 2.18. The lowest BCUT2D eigenvalue weighted by molar-refractivity contribution is 0.132. The predicted octanol–water partition coefficient (Wildman–Crippen LogP) is -0.593. The Morgan fingerprint density at radius 2 is 2.38 bits per heavy atom. The van der Waals surface area contributed by atoms with E-state index in [4.69, 9.17) is 0 Å². The Morgan fingerprint density at radius 3 is 3.00 bits per heavy atom. The van der Waals surface area contributed by atoms with Gasteiger partial charge in [0.2, 0.25) is 0 Å². The number of aromatic amines is 1. The van der Waals surface area contributed by atoms with Crippen molar-refractivity contribution in [1.29, 1.82) is 0 Å². The Morgan fingerprint density at radius 1 is 1.54 bits per heavy atom. The van der Waals surface area contributed by atoms with Crippen LogP contribution in [-0.2, 0) is 0 Å². The third-order valence-electron chi connectivity index (χ3n) is 2.25. The van der Waals surface area contributed by atoms with Crippen LogP contribution in [0.15, 0.2) is 0 Å². The number of piperidine rings is 1. The van der Waals surface area contributed by atoms with Crippen LogP contribution < -0.4 is 4.90 Å². The van der Waals surface area contributed by atoms with Crippen molar-refractivity contribution in [3.8, 4) is 0 Å². The molecule has 72 valence electrons. The van der Waals surface area contributed by atoms with E-state index in [1.165, 1.54) is 0 Å². The van der Waals surface area contributed by atoms with Crippen LogP contribution in [0.25, 0.3) is 0 Å². The van der Waals surface area contributed by atoms with E-state index in [0.717, 1.165) is 13.0 Å². The van der Waals surface area contributed by atoms with E-state index in [1.54, 1.807) is 0 Å². The van der Waals surface area contributed by atoms with Crippen LogP contribution in [0.2, 0.25) is 0 Å². The van der Waals surface area contributed by atoms with Crippen LogP contribution in [-0.4, -0.2) is 44.9 Å². The minimum atomic E-state index is -0.276. The number of aliphatic hydroxyl groups is 1. The summed E-state index contributed by atoms with van der Waals surface area (Å²) in [6.45, 7) is 3.59. The number of β-amino-alcohol motifs (C(OH)–C–C–N with tert-alkyl or cyclic N) is 1. The number of aliphatic hydroxyl groups excluding tert-OH is 1. The number of rotatable bonds is 1. The van der Waals surface area contributed by atoms with Crippen LogP contribution >= 0.6 is 0 Å². The van der Waals surface area contributed by atoms with Crippen LogP contribution in [0.1, 0.15) is 13.3 Å². The highest BCUT2D eigenvalue weighted by atomic mass is 16.3. The molecule has 1 saturated heterocycles. The summed E-state index contributed by atoms with van der Waals surface area (Å²) < 4.78 is 0. The normalized spacial score (nSPS) is 29.2. The lowest BCUT2D eigenvalue weighted by Gasteiger charge is -2.32. The van der Waals surface area contributed by atoms with Gasteiger partial charge in [-0.2, -0.15) is 5.21 Å². The van der Waals surface area contributed by atoms with Crippen LogP contribution in [0, 0.1) is 5.92 Å². The van der Waals surface area contributed by atoms with Crippen molar-refractivity contribution in [2.24, 2.45) is 5.92 Å². The number of tetrazole rings is 1. The Labute approximate surface area is 75.9 Å². The molecule has 2 N–H and O–H groups in total. The van der Waals surface area contributed by atoms with Gasteiger partial charge >= 0.3 is 0 Å². The molecule has 0 bridgehead atoms. The number of nitrogens with one attached hydrogen (secondary N) is 1. The first-order valence-electron chi connectivity index (χ1n) is 4.42. The molecule has 6 nitrogen and oxygen atoms in total. The Balaban J connectivity index is 2.07. The Kier molecular flexibility index (Phi) is 2.13. The summed E-state index contributed by atoms with van der Waals surface area (Å²) in [6, 6.07) is 0. The van der Waals surface area contributed by atoms with Gasteiger partial charge in [0.1, 0.15) is 0 Å². The molecule has 2 unspecified atom stereocenters. The number of H-pyrrole nitrogens is 1. The van der Waals surface area contributed by atoms with Gasteiger partial charge in [0.05, 0.1) is 6.10 Å². The van der Waals surface area contributed by atoms with Gasteiger partial charge in [-0.1, -0.05) is 12.0 Å². The maximum atomic E-state index is 9.52. The molecule has 1 fully saturated rings. The van der Waals surface area contributed by atoms with Crippen molar-refractivity contribution in [3.63, 3.8) is 0 Å². The molecule has 2 heterocycles. The lowest BCUT2D eigenvalue weighted by atomic mass is 9.98. The maximum Gasteiger partial charge on any atom is 0.265 e. The molecule has 0 aliphatic carbocycles. The van der Waals surface area contributed by atoms with Crippen molar-refractivity contribution < 1.29 is 5.11 Å². The number of hydrogen-bond donors (Lipinski definition) is 2. The fraction of sp³-hybridized carbons (Fsp3) is 0.857. The molecule has 0 radical (unpaired) electrons. The average molecular weight is 183 g/mol. The van der Waals surface area contributed by atoms with Crippen molar-refractivity contribution >= 4 is 5.95 Å². The largest absolute Gasteiger partial charge is 0.391 e. The third kappa shape index (κ3) is 1.77. The fourth-order valence-corrected chi connectivity index (χ4v) is 1.77. The summed E-state index contributed by atoms with van der Waals surface area (Å²) in [6.07, 6.45) is 0.580. The number of hydrogen-bond acceptors (Lipinski definition) is 5. The monoisotopic (exact) mass is 183 g/mol. The Bertz CT molecular complexity index is 252. The summed E-state index contributed by atoms with van der Waals surface area (Å²) in [7, 11) is 0. The van der Waals surface area contributed by atoms with Crippen molar-refractivity contribution in [1.82, 2.24) is 20.6 Å². The van der Waals surface area contributed by atoms with E-state index < -0.39 is 0 Å². The second-order valence-corrected chi connectivity index (χ2v) is 3.61. The van der Waals surface area contributed by atoms with E-state index in [2.05, 4.69) is 27.5 Å². The van der Waals surface area contributed by atoms with E-state index >= 15 is 0 Å². The summed E-state index contributed by atoms with van der Waals surface area (Å²) in [5, 5.41) is 23.2. The number of aromatic nitrogens is 4. The first kappa shape index (κ1) is 8.43. The molecule has 2 rings (SSSR count). The zero-order chi connectivity index (χ0) is 9.26. The summed E-state index contributed by atoms with van der Waals surface area (Å²) in [5.74, 6) is 1.05. The maximum absolute atomic E-state index is 9.52. The topological polar surface area (TPSA) is 77.9 Å². The zero-order valence-corrected chi connectivity index (χ0v) is 7.51. The molecule has 1 aliphatic heterocycles. The van der Waals surface area contributed by atoms with Gasteiger partial charge in [0, 0.05) is 13.1 Å². The second kappa shape index (κ2) is 3.29. The van der Waals surface area contributed by atoms with Crippen molar-refractivity contribution in [2.45, 2.75) is 19.4 Å². The van der Waals surface area contributed by atoms with Crippen molar-refractivity contribution in [3.05, 3.63) is 0 Å². The quantitative estimate of drug-likeness (QED) is 0.608. The van der Waals surface area contributed by atoms with Gasteiger partial charge in [0.25, 0.3) is 5.95 Å². The molecular formula is C7H13N5O.